The summed E-state index contributed by atoms with van der Waals surface area (Å²) in [5.74, 6) is -12.9. The summed E-state index contributed by atoms with van der Waals surface area (Å²) in [5, 5.41) is 11.6. The molecule has 0 bridgehead atoms. The van der Waals surface area contributed by atoms with Crippen LogP contribution in [0.4, 0.5) is 62.5 Å². The number of anilines is 4. The van der Waals surface area contributed by atoms with Gasteiger partial charge in [-0.05, 0) is 139 Å². The minimum atomic E-state index is -2.80. The summed E-state index contributed by atoms with van der Waals surface area (Å²) in [6.07, 6.45) is 7.51. The number of benzene rings is 6. The van der Waals surface area contributed by atoms with E-state index in [2.05, 4.69) is 66.7 Å². The van der Waals surface area contributed by atoms with E-state index in [9.17, 15) is 82.7 Å². The van der Waals surface area contributed by atoms with Crippen LogP contribution in [0, 0.1) is 24.0 Å². The van der Waals surface area contributed by atoms with Crippen molar-refractivity contribution in [3.63, 3.8) is 0 Å². The third-order valence-electron chi connectivity index (χ3n) is 19.2. The Kier molecular flexibility index (Phi) is 35.5. The predicted octanol–water partition coefficient (Wildman–Crippen LogP) is 16.4. The van der Waals surface area contributed by atoms with Crippen molar-refractivity contribution in [1.29, 1.82) is 0 Å². The second-order valence-corrected chi connectivity index (χ2v) is 29.7. The lowest BCUT2D eigenvalue weighted by Crippen LogP contribution is -2.53. The molecule has 3 aliphatic heterocycles. The molecule has 14 rings (SSSR count). The van der Waals surface area contributed by atoms with Crippen LogP contribution < -0.4 is 41.7 Å². The van der Waals surface area contributed by atoms with Gasteiger partial charge in [0, 0.05) is 158 Å². The number of ether oxygens (including phenoxy) is 1. The normalized spacial score (nSPS) is 18.7. The first-order chi connectivity index (χ1) is 56.8. The lowest BCUT2D eigenvalue weighted by atomic mass is 9.91. The van der Waals surface area contributed by atoms with Crippen LogP contribution in [-0.4, -0.2) is 128 Å². The number of rotatable bonds is 16. The molecule has 3 unspecified atom stereocenters. The first-order valence-corrected chi connectivity index (χ1v) is 39.4. The second kappa shape index (κ2) is 45.2. The summed E-state index contributed by atoms with van der Waals surface area (Å²) < 4.78 is 126. The van der Waals surface area contributed by atoms with Crippen molar-refractivity contribution in [1.82, 2.24) is 41.2 Å². The Morgan fingerprint density at radius 2 is 0.983 bits per heavy atom. The van der Waals surface area contributed by atoms with Crippen LogP contribution in [-0.2, 0) is 43.1 Å². The molecular weight excluding hydrogens is 1700 g/mol. The lowest BCUT2D eigenvalue weighted by molar-refractivity contribution is -0.135. The molecule has 630 valence electrons. The number of nitrogens with two attached hydrogens (primary N) is 1. The molecule has 5 heterocycles. The average Bonchev–Trinajstić information content (AvgIpc) is 1.69. The van der Waals surface area contributed by atoms with Crippen LogP contribution in [0.5, 0.6) is 0 Å². The van der Waals surface area contributed by atoms with Gasteiger partial charge in [-0.1, -0.05) is 108 Å². The molecule has 0 radical (unpaired) electrons. The number of alkyl halides is 6. The van der Waals surface area contributed by atoms with Crippen LogP contribution in [0.15, 0.2) is 187 Å². The summed E-state index contributed by atoms with van der Waals surface area (Å²) in [5.41, 5.74) is 6.91. The van der Waals surface area contributed by atoms with Crippen molar-refractivity contribution in [3.05, 3.63) is 248 Å². The van der Waals surface area contributed by atoms with E-state index in [4.69, 9.17) is 47.1 Å². The zero-order valence-electron chi connectivity index (χ0n) is 63.5. The molecule has 3 aliphatic carbocycles. The minimum absolute atomic E-state index is 0.0226. The molecule has 36 heteroatoms. The van der Waals surface area contributed by atoms with Crippen LogP contribution >= 0.6 is 50.7 Å². The van der Waals surface area contributed by atoms with Gasteiger partial charge < -0.3 is 36.6 Å². The summed E-state index contributed by atoms with van der Waals surface area (Å²) in [6, 6.07) is 33.4. The van der Waals surface area contributed by atoms with Gasteiger partial charge in [-0.25, -0.2) is 66.0 Å². The van der Waals surface area contributed by atoms with E-state index >= 15 is 0 Å². The third kappa shape index (κ3) is 28.9. The minimum Gasteiger partial charge on any atom is -0.444 e. The number of hydrogen-bond acceptors (Lipinski definition) is 15. The van der Waals surface area contributed by atoms with Crippen molar-refractivity contribution in [2.24, 2.45) is 0 Å². The first kappa shape index (κ1) is 93.4. The maximum Gasteiger partial charge on any atom is 0.295 e. The number of aromatic nitrogens is 4. The number of carbonyl (C=O) groups excluding carboxylic acids is 9. The molecule has 6 aromatic carbocycles. The van der Waals surface area contributed by atoms with Gasteiger partial charge in [-0.3, -0.25) is 57.9 Å². The Morgan fingerprint density at radius 3 is 1.37 bits per heavy atom. The molecule has 6 fully saturated rings. The molecule has 3 saturated heterocycles. The highest BCUT2D eigenvalue weighted by molar-refractivity contribution is 9.10. The number of carbonyl (C=O) groups is 9. The van der Waals surface area contributed by atoms with Gasteiger partial charge in [0.05, 0.1) is 5.02 Å². The van der Waals surface area contributed by atoms with Crippen molar-refractivity contribution >= 4 is 128 Å². The Hall–Kier alpha value is -11.1. The highest BCUT2D eigenvalue weighted by atomic mass is 79.9. The smallest absolute Gasteiger partial charge is 0.295 e. The number of nitrogens with one attached hydrogen (secondary N) is 4. The Labute approximate surface area is 702 Å². The zero-order chi connectivity index (χ0) is 86.4. The van der Waals surface area contributed by atoms with Crippen molar-refractivity contribution in [2.75, 3.05) is 20.4 Å². The molecule has 0 spiro atoms. The van der Waals surface area contributed by atoms with Gasteiger partial charge in [-0.15, -0.1) is 0 Å². The van der Waals surface area contributed by atoms with Crippen molar-refractivity contribution in [2.45, 2.75) is 182 Å². The van der Waals surface area contributed by atoms with Crippen LogP contribution in [0.1, 0.15) is 149 Å². The SMILES string of the molecule is Brc1ncccn1.Nc1cccc(F)c1.O=C(NC1CCC(F)(F)CC1)[C@H](c1ccccc1Cl)N(C(=O)C1CCC(=O)N1c1ncccn1)c1cccc(F)c1.O=C1CCC(C(=O)N(c2cccc(F)c2)C(C(=O)NC2CCC(F)(F)CC2)c2ccccc2Cl)N1.O=CO[C@@H]1CCC(=O)N1.O=Cc1ccccc1Cl.[C-]#[N+]C1CCC(F)(F)CC1. The standard InChI is InChI=1S/C29H27ClF3N5O3.C25H25ClF3N3O3.C7H5ClO.C7H9F2N.C6H6FN.C5H7NO3.C4H3BrN2/c30-22-8-2-1-7-21(22)25(26(40)36-19-11-13-29(32,33)14-12-19)37(20-6-3-5-18(31)17-20)27(41)23-9-10-24(39)38(23)28-34-15-4-16-35-28;26-19-7-2-1-6-18(19)22(23(34)30-16-10-12-25(28,29)13-11-16)32(17-5-3-4-15(27)14-17)24(35)20-8-9-21(33)31-20;8-7-4-2-1-3-6(7)5-9;1-10-6-2-4-7(8,9)5-3-6;7-5-2-1-3-6(8)4-5;7-3-9-5-2-1-4(8)6-5;5-4-6-2-1-3-7-4/h1-8,15-17,19,23,25H,9-14H2,(H,36,40);1-7,14,16,20,22H,8-13H2,(H,30,34)(H,31,33);1-5H;6H,2-5H2;1-4H,8H2;3,5H,1-2H2,(H,6,8);1-3H/t23?,25-;;;;;5-;/m0....1./s1. The fourth-order valence-electron chi connectivity index (χ4n) is 13.2. The van der Waals surface area contributed by atoms with Crippen LogP contribution in [0.2, 0.25) is 15.1 Å². The Balaban J connectivity index is 0.000000199. The summed E-state index contributed by atoms with van der Waals surface area (Å²) in [6.45, 7) is 6.95. The van der Waals surface area contributed by atoms with Gasteiger partial charge in [0.25, 0.3) is 18.3 Å². The van der Waals surface area contributed by atoms with Gasteiger partial charge in [0.15, 0.2) is 17.2 Å². The van der Waals surface area contributed by atoms with E-state index in [0.717, 1.165) is 28.2 Å². The second-order valence-electron chi connectivity index (χ2n) is 27.8. The summed E-state index contributed by atoms with van der Waals surface area (Å²) in [7, 11) is 0. The molecule has 6 aliphatic rings. The number of aldehydes is 1. The highest BCUT2D eigenvalue weighted by Gasteiger charge is 2.47. The Morgan fingerprint density at radius 1 is 0.546 bits per heavy atom. The molecule has 2 aromatic heterocycles. The predicted molar refractivity (Wildman–Crippen MR) is 430 cm³/mol. The van der Waals surface area contributed by atoms with Crippen LogP contribution in [0.25, 0.3) is 4.85 Å². The summed E-state index contributed by atoms with van der Waals surface area (Å²) in [4.78, 5) is 133. The monoisotopic (exact) mass is 1780 g/mol. The maximum absolute atomic E-state index is 14.5. The molecule has 3 saturated carbocycles. The van der Waals surface area contributed by atoms with E-state index in [1.165, 1.54) is 65.8 Å². The van der Waals surface area contributed by atoms with Crippen molar-refractivity contribution in [3.8, 4) is 0 Å². The Bertz CT molecular complexity index is 4780. The molecule has 119 heavy (non-hydrogen) atoms. The number of halogens is 13. The number of amides is 7. The van der Waals surface area contributed by atoms with Gasteiger partial charge in [-0.2, -0.15) is 0 Å². The molecule has 5 atom stereocenters. The van der Waals surface area contributed by atoms with E-state index in [1.807, 2.05) is 0 Å². The lowest BCUT2D eigenvalue weighted by Gasteiger charge is -2.36. The van der Waals surface area contributed by atoms with E-state index < -0.39 is 89.3 Å². The third-order valence-corrected chi connectivity index (χ3v) is 20.6. The van der Waals surface area contributed by atoms with Crippen molar-refractivity contribution < 1.29 is 87.4 Å². The topological polar surface area (TPSA) is 303 Å². The van der Waals surface area contributed by atoms with E-state index in [1.54, 1.807) is 109 Å². The molecular formula is C83H82BrCl3F9N13O10. The number of nitrogens with zero attached hydrogens (tertiary/aromatic N) is 8. The summed E-state index contributed by atoms with van der Waals surface area (Å²) >= 11 is 21.7. The molecule has 23 nitrogen and oxygen atoms in total. The first-order valence-electron chi connectivity index (χ1n) is 37.5. The van der Waals surface area contributed by atoms with E-state index in [0.29, 0.717) is 53.2 Å². The van der Waals surface area contributed by atoms with E-state index in [-0.39, 0.29) is 164 Å². The largest absolute Gasteiger partial charge is 0.444 e. The van der Waals surface area contributed by atoms with Gasteiger partial charge in [0.2, 0.25) is 59.3 Å². The zero-order valence-corrected chi connectivity index (χ0v) is 67.3. The van der Waals surface area contributed by atoms with Gasteiger partial charge in [0.1, 0.15) is 41.6 Å². The fourth-order valence-corrected chi connectivity index (χ4v) is 14.1. The average molecular weight is 1780 g/mol. The number of hydrogen-bond donors (Lipinski definition) is 5. The maximum atomic E-state index is 14.5. The molecule has 8 aromatic rings. The highest BCUT2D eigenvalue weighted by Crippen LogP contribution is 2.41. The quantitative estimate of drug-likeness (QED) is 0.0197. The van der Waals surface area contributed by atoms with Crippen LogP contribution in [0.3, 0.4) is 0 Å². The van der Waals surface area contributed by atoms with Gasteiger partial charge >= 0.3 is 0 Å². The number of nitrogen functional groups attached to an aromatic ring is 1. The molecule has 6 N–H and O–H groups in total. The molecule has 7 amide bonds. The fraction of sp³-hybridized carbons (Fsp3) is 0.349.